The maximum absolute atomic E-state index is 15.4. The van der Waals surface area contributed by atoms with Crippen LogP contribution in [0, 0.1) is 5.82 Å². The maximum Gasteiger partial charge on any atom is 0.407 e. The zero-order valence-electron chi connectivity index (χ0n) is 28.3. The molecule has 10 nitrogen and oxygen atoms in total. The number of benzene rings is 3. The summed E-state index contributed by atoms with van der Waals surface area (Å²) in [6, 6.07) is 22.2. The molecule has 258 valence electrons. The third-order valence-corrected chi connectivity index (χ3v) is 10.2. The Morgan fingerprint density at radius 2 is 1.40 bits per heavy atom. The molecular formula is C39H42FN7O3. The van der Waals surface area contributed by atoms with Gasteiger partial charge in [-0.05, 0) is 73.2 Å². The molecule has 7 rings (SSSR count). The van der Waals surface area contributed by atoms with Crippen LogP contribution in [-0.4, -0.2) is 77.9 Å². The average Bonchev–Trinajstić information content (AvgIpc) is 3.97. The average molecular weight is 676 g/mol. The van der Waals surface area contributed by atoms with Gasteiger partial charge in [-0.15, -0.1) is 0 Å². The summed E-state index contributed by atoms with van der Waals surface area (Å²) in [6.45, 7) is 6.90. The van der Waals surface area contributed by atoms with Gasteiger partial charge in [-0.1, -0.05) is 74.5 Å². The van der Waals surface area contributed by atoms with Gasteiger partial charge in [-0.25, -0.2) is 19.2 Å². The molecule has 2 aliphatic rings. The molecule has 2 aromatic heterocycles. The molecule has 0 spiro atoms. The van der Waals surface area contributed by atoms with Gasteiger partial charge in [0.1, 0.15) is 23.5 Å². The predicted molar refractivity (Wildman–Crippen MR) is 189 cm³/mol. The van der Waals surface area contributed by atoms with Gasteiger partial charge in [0.25, 0.3) is 0 Å². The molecule has 5 aromatic rings. The number of carboxylic acid groups (broad SMARTS) is 1. The summed E-state index contributed by atoms with van der Waals surface area (Å²) < 4.78 is 15.4. The van der Waals surface area contributed by atoms with Crippen LogP contribution < -0.4 is 0 Å². The van der Waals surface area contributed by atoms with Crippen molar-refractivity contribution < 1.29 is 19.1 Å². The van der Waals surface area contributed by atoms with E-state index in [0.29, 0.717) is 36.6 Å². The van der Waals surface area contributed by atoms with Crippen LogP contribution in [0.2, 0.25) is 0 Å². The lowest BCUT2D eigenvalue weighted by molar-refractivity contribution is -0.138. The molecule has 0 bridgehead atoms. The van der Waals surface area contributed by atoms with Crippen molar-refractivity contribution >= 4 is 12.0 Å². The van der Waals surface area contributed by atoms with Crippen LogP contribution in [0.15, 0.2) is 85.2 Å². The number of nitrogens with one attached hydrogen (secondary N) is 2. The predicted octanol–water partition coefficient (Wildman–Crippen LogP) is 7.83. The van der Waals surface area contributed by atoms with Gasteiger partial charge in [0, 0.05) is 18.7 Å². The number of halogens is 1. The van der Waals surface area contributed by atoms with Crippen molar-refractivity contribution in [3.63, 3.8) is 0 Å². The van der Waals surface area contributed by atoms with Crippen LogP contribution in [-0.2, 0) is 4.79 Å². The van der Waals surface area contributed by atoms with Crippen molar-refractivity contribution in [2.45, 2.75) is 57.7 Å². The lowest BCUT2D eigenvalue weighted by Crippen LogP contribution is -2.43. The molecule has 11 heteroatoms. The van der Waals surface area contributed by atoms with Crippen molar-refractivity contribution in [1.82, 2.24) is 34.6 Å². The molecule has 0 unspecified atom stereocenters. The van der Waals surface area contributed by atoms with E-state index in [1.807, 2.05) is 71.8 Å². The third kappa shape index (κ3) is 6.40. The number of nitrogens with zero attached hydrogens (tertiary/aromatic N) is 5. The van der Waals surface area contributed by atoms with E-state index in [4.69, 9.17) is 4.98 Å². The van der Waals surface area contributed by atoms with Crippen LogP contribution in [0.25, 0.3) is 33.6 Å². The SMILES string of the molecule is CCN(CC)[C@@H](C(=O)N1CCC[C@H]1c1ncc(-c2ccc(-c3ccc(-c4cnc([C@@H]5CCCN5C(=O)O)[nH]4)c(F)c3)cc2)[nH]1)c1ccccc1. The van der Waals surface area contributed by atoms with Crippen LogP contribution in [0.1, 0.15) is 74.9 Å². The van der Waals surface area contributed by atoms with Crippen molar-refractivity contribution in [2.24, 2.45) is 0 Å². The summed E-state index contributed by atoms with van der Waals surface area (Å²) in [7, 11) is 0. The number of carbonyl (C=O) groups is 2. The fourth-order valence-corrected chi connectivity index (χ4v) is 7.54. The molecule has 0 saturated carbocycles. The molecule has 2 fully saturated rings. The van der Waals surface area contributed by atoms with Crippen LogP contribution >= 0.6 is 0 Å². The lowest BCUT2D eigenvalue weighted by atomic mass is 10.0. The number of imidazole rings is 2. The van der Waals surface area contributed by atoms with Gasteiger partial charge in [-0.2, -0.15) is 0 Å². The standard InChI is InChI=1S/C39H42FN7O3/c1-3-45(4-2)35(27-10-6-5-7-11-27)38(48)46-20-8-12-33(46)36-41-23-31(43-36)26-16-14-25(15-17-26)28-18-19-29(30(40)22-28)32-24-42-37(44-32)34-13-9-21-47(34)39(49)50/h5-7,10-11,14-19,22-24,33-35H,3-4,8-9,12-13,20-21H2,1-2H3,(H,41,43)(H,42,44)(H,49,50)/t33-,34-,35+/m0/s1. The van der Waals surface area contributed by atoms with Gasteiger partial charge in [0.2, 0.25) is 5.91 Å². The second kappa shape index (κ2) is 14.3. The molecule has 3 atom stereocenters. The number of hydrogen-bond donors (Lipinski definition) is 3. The highest BCUT2D eigenvalue weighted by atomic mass is 19.1. The molecule has 0 radical (unpaired) electrons. The smallest absolute Gasteiger partial charge is 0.407 e. The van der Waals surface area contributed by atoms with Crippen LogP contribution in [0.3, 0.4) is 0 Å². The Morgan fingerprint density at radius 1 is 0.820 bits per heavy atom. The minimum Gasteiger partial charge on any atom is -0.465 e. The molecular weight excluding hydrogens is 633 g/mol. The van der Waals surface area contributed by atoms with Gasteiger partial charge < -0.3 is 20.0 Å². The largest absolute Gasteiger partial charge is 0.465 e. The summed E-state index contributed by atoms with van der Waals surface area (Å²) >= 11 is 0. The quantitative estimate of drug-likeness (QED) is 0.139. The summed E-state index contributed by atoms with van der Waals surface area (Å²) in [5.41, 5.74) is 5.29. The number of likely N-dealkylation sites (N-methyl/N-ethyl adjacent to an activating group) is 1. The first-order chi connectivity index (χ1) is 24.4. The second-order valence-corrected chi connectivity index (χ2v) is 13.0. The first-order valence-corrected chi connectivity index (χ1v) is 17.5. The van der Waals surface area contributed by atoms with Gasteiger partial charge in [-0.3, -0.25) is 14.6 Å². The highest BCUT2D eigenvalue weighted by Gasteiger charge is 2.38. The fraction of sp³-hybridized carbons (Fsp3) is 0.333. The summed E-state index contributed by atoms with van der Waals surface area (Å²) in [4.78, 5) is 47.1. The van der Waals surface area contributed by atoms with Crippen molar-refractivity contribution in [2.75, 3.05) is 26.2 Å². The minimum atomic E-state index is -0.976. The van der Waals surface area contributed by atoms with E-state index < -0.39 is 11.9 Å². The molecule has 3 N–H and O–H groups in total. The van der Waals surface area contributed by atoms with Crippen molar-refractivity contribution in [3.8, 4) is 33.6 Å². The van der Waals surface area contributed by atoms with Gasteiger partial charge in [0.15, 0.2) is 0 Å². The molecule has 2 saturated heterocycles. The van der Waals surface area contributed by atoms with E-state index in [9.17, 15) is 14.7 Å². The van der Waals surface area contributed by atoms with Crippen LogP contribution in [0.5, 0.6) is 0 Å². The Hall–Kier alpha value is -5.29. The Kier molecular flexibility index (Phi) is 9.49. The van der Waals surface area contributed by atoms with E-state index in [0.717, 1.165) is 66.1 Å². The zero-order valence-corrected chi connectivity index (χ0v) is 28.3. The topological polar surface area (TPSA) is 121 Å². The highest BCUT2D eigenvalue weighted by Crippen LogP contribution is 2.37. The maximum atomic E-state index is 15.4. The minimum absolute atomic E-state index is 0.106. The molecule has 2 aliphatic heterocycles. The zero-order chi connectivity index (χ0) is 34.8. The monoisotopic (exact) mass is 675 g/mol. The number of aromatic nitrogens is 4. The van der Waals surface area contributed by atoms with E-state index in [1.54, 1.807) is 12.3 Å². The van der Waals surface area contributed by atoms with Crippen molar-refractivity contribution in [3.05, 3.63) is 108 Å². The molecule has 2 amide bonds. The van der Waals surface area contributed by atoms with E-state index in [2.05, 4.69) is 33.7 Å². The molecule has 4 heterocycles. The Morgan fingerprint density at radius 3 is 2.04 bits per heavy atom. The number of hydrogen-bond acceptors (Lipinski definition) is 5. The van der Waals surface area contributed by atoms with Crippen LogP contribution in [0.4, 0.5) is 9.18 Å². The Bertz CT molecular complexity index is 1950. The first-order valence-electron chi connectivity index (χ1n) is 17.5. The lowest BCUT2D eigenvalue weighted by Gasteiger charge is -2.34. The first kappa shape index (κ1) is 33.2. The van der Waals surface area contributed by atoms with Gasteiger partial charge >= 0.3 is 6.09 Å². The number of amides is 2. The van der Waals surface area contributed by atoms with E-state index in [-0.39, 0.29) is 24.0 Å². The third-order valence-electron chi connectivity index (χ3n) is 10.2. The summed E-state index contributed by atoms with van der Waals surface area (Å²) in [5.74, 6) is 1.02. The Balaban J connectivity index is 1.06. The highest BCUT2D eigenvalue weighted by molar-refractivity contribution is 5.84. The summed E-state index contributed by atoms with van der Waals surface area (Å²) in [6.07, 6.45) is 5.62. The number of aromatic amines is 2. The number of likely N-dealkylation sites (tertiary alicyclic amines) is 2. The second-order valence-electron chi connectivity index (χ2n) is 13.0. The molecule has 0 aliphatic carbocycles. The van der Waals surface area contributed by atoms with Crippen molar-refractivity contribution in [1.29, 1.82) is 0 Å². The number of rotatable bonds is 10. The van der Waals surface area contributed by atoms with Gasteiger partial charge in [0.05, 0.1) is 35.9 Å². The molecule has 50 heavy (non-hydrogen) atoms. The normalized spacial score (nSPS) is 18.2. The summed E-state index contributed by atoms with van der Waals surface area (Å²) in [5, 5.41) is 9.49. The van der Waals surface area contributed by atoms with E-state index >= 15 is 4.39 Å². The van der Waals surface area contributed by atoms with E-state index in [1.165, 1.54) is 11.0 Å². The molecule has 3 aromatic carbocycles. The number of carbonyl (C=O) groups excluding carboxylic acids is 1. The fourth-order valence-electron chi connectivity index (χ4n) is 7.54. The number of H-pyrrole nitrogens is 2. The Labute approximate surface area is 291 Å².